The smallest absolute Gasteiger partial charge is 0.255 e. The van der Waals surface area contributed by atoms with Crippen LogP contribution in [-0.2, 0) is 10.0 Å². The average molecular weight is 411 g/mol. The van der Waals surface area contributed by atoms with Crippen LogP contribution >= 0.6 is 15.9 Å². The molecular formula is C17H19BrN2O3S. The lowest BCUT2D eigenvalue weighted by molar-refractivity contribution is 0.102. The molecule has 0 aliphatic carbocycles. The summed E-state index contributed by atoms with van der Waals surface area (Å²) in [6.45, 7) is 5.36. The lowest BCUT2D eigenvalue weighted by Gasteiger charge is -2.12. The fraction of sp³-hybridized carbons (Fsp3) is 0.235. The standard InChI is InChI=1S/C17H19BrN2O3S/c1-11(2)20-24(22,23)15-6-4-5-13(10-15)17(21)19-16-8-7-14(18)9-12(16)3/h4-11,20H,1-3H3,(H,19,21). The van der Waals surface area contributed by atoms with Gasteiger partial charge in [-0.1, -0.05) is 22.0 Å². The van der Waals surface area contributed by atoms with Gasteiger partial charge < -0.3 is 5.32 Å². The van der Waals surface area contributed by atoms with Crippen LogP contribution in [0.25, 0.3) is 0 Å². The molecule has 0 aromatic heterocycles. The van der Waals surface area contributed by atoms with E-state index in [4.69, 9.17) is 0 Å². The Kier molecular flexibility index (Phi) is 5.79. The molecule has 0 unspecified atom stereocenters. The molecule has 0 aliphatic rings. The van der Waals surface area contributed by atoms with E-state index in [1.165, 1.54) is 12.1 Å². The molecule has 0 fully saturated rings. The molecule has 24 heavy (non-hydrogen) atoms. The Morgan fingerprint density at radius 3 is 2.46 bits per heavy atom. The highest BCUT2D eigenvalue weighted by molar-refractivity contribution is 9.10. The van der Waals surface area contributed by atoms with Crippen LogP contribution in [0.4, 0.5) is 5.69 Å². The summed E-state index contributed by atoms with van der Waals surface area (Å²) in [6.07, 6.45) is 0. The topological polar surface area (TPSA) is 75.3 Å². The van der Waals surface area contributed by atoms with Crippen LogP contribution in [0.15, 0.2) is 51.8 Å². The van der Waals surface area contributed by atoms with Crippen molar-refractivity contribution in [2.45, 2.75) is 31.7 Å². The Morgan fingerprint density at radius 2 is 1.83 bits per heavy atom. The minimum Gasteiger partial charge on any atom is -0.322 e. The number of amides is 1. The van der Waals surface area contributed by atoms with E-state index in [1.807, 2.05) is 19.1 Å². The number of carbonyl (C=O) groups is 1. The molecule has 2 rings (SSSR count). The van der Waals surface area contributed by atoms with Crippen molar-refractivity contribution in [2.24, 2.45) is 0 Å². The fourth-order valence-electron chi connectivity index (χ4n) is 2.14. The van der Waals surface area contributed by atoms with Crippen molar-refractivity contribution >= 4 is 37.5 Å². The minimum absolute atomic E-state index is 0.0661. The van der Waals surface area contributed by atoms with Crippen LogP contribution < -0.4 is 10.0 Å². The molecule has 0 heterocycles. The molecule has 0 atom stereocenters. The molecule has 1 amide bonds. The zero-order valence-corrected chi connectivity index (χ0v) is 16.0. The maximum atomic E-state index is 12.4. The van der Waals surface area contributed by atoms with Gasteiger partial charge in [0.1, 0.15) is 0 Å². The van der Waals surface area contributed by atoms with Crippen molar-refractivity contribution in [1.82, 2.24) is 4.72 Å². The Morgan fingerprint density at radius 1 is 1.12 bits per heavy atom. The summed E-state index contributed by atoms with van der Waals surface area (Å²) in [6, 6.07) is 11.3. The van der Waals surface area contributed by atoms with E-state index in [2.05, 4.69) is 26.0 Å². The summed E-state index contributed by atoms with van der Waals surface area (Å²) in [5.74, 6) is -0.359. The largest absolute Gasteiger partial charge is 0.322 e. The molecule has 0 spiro atoms. The molecule has 0 radical (unpaired) electrons. The summed E-state index contributed by atoms with van der Waals surface area (Å²) >= 11 is 3.37. The van der Waals surface area contributed by atoms with Gasteiger partial charge in [-0.2, -0.15) is 0 Å². The minimum atomic E-state index is -3.64. The van der Waals surface area contributed by atoms with Gasteiger partial charge in [0.15, 0.2) is 0 Å². The number of nitrogens with one attached hydrogen (secondary N) is 2. The third-order valence-electron chi connectivity index (χ3n) is 3.23. The molecule has 0 aliphatic heterocycles. The van der Waals surface area contributed by atoms with Crippen LogP contribution in [0.3, 0.4) is 0 Å². The summed E-state index contributed by atoms with van der Waals surface area (Å²) in [7, 11) is -3.64. The van der Waals surface area contributed by atoms with Crippen LogP contribution in [-0.4, -0.2) is 20.4 Å². The zero-order valence-electron chi connectivity index (χ0n) is 13.6. The second kappa shape index (κ2) is 7.46. The molecular weight excluding hydrogens is 392 g/mol. The average Bonchev–Trinajstić information content (AvgIpc) is 2.49. The molecule has 7 heteroatoms. The molecule has 5 nitrogen and oxygen atoms in total. The van der Waals surface area contributed by atoms with E-state index in [0.29, 0.717) is 5.69 Å². The zero-order chi connectivity index (χ0) is 17.9. The molecule has 2 aromatic rings. The van der Waals surface area contributed by atoms with Gasteiger partial charge in [0.05, 0.1) is 4.90 Å². The fourth-order valence-corrected chi connectivity index (χ4v) is 3.92. The van der Waals surface area contributed by atoms with Gasteiger partial charge in [-0.15, -0.1) is 0 Å². The highest BCUT2D eigenvalue weighted by Gasteiger charge is 2.17. The maximum absolute atomic E-state index is 12.4. The number of sulfonamides is 1. The van der Waals surface area contributed by atoms with Gasteiger partial charge in [-0.05, 0) is 62.7 Å². The van der Waals surface area contributed by atoms with E-state index in [-0.39, 0.29) is 22.4 Å². The highest BCUT2D eigenvalue weighted by Crippen LogP contribution is 2.21. The first kappa shape index (κ1) is 18.6. The third kappa shape index (κ3) is 4.66. The number of anilines is 1. The van der Waals surface area contributed by atoms with Crippen LogP contribution in [0.2, 0.25) is 0 Å². The lowest BCUT2D eigenvalue weighted by atomic mass is 10.1. The Labute approximate surface area is 150 Å². The van der Waals surface area contributed by atoms with Crippen LogP contribution in [0.5, 0.6) is 0 Å². The van der Waals surface area contributed by atoms with E-state index in [9.17, 15) is 13.2 Å². The quantitative estimate of drug-likeness (QED) is 0.788. The van der Waals surface area contributed by atoms with Gasteiger partial charge in [-0.25, -0.2) is 13.1 Å². The normalized spacial score (nSPS) is 11.5. The Hall–Kier alpha value is -1.70. The summed E-state index contributed by atoms with van der Waals surface area (Å²) in [4.78, 5) is 12.5. The van der Waals surface area contributed by atoms with Crippen molar-refractivity contribution in [3.63, 3.8) is 0 Å². The van der Waals surface area contributed by atoms with Crippen molar-refractivity contribution in [3.8, 4) is 0 Å². The van der Waals surface area contributed by atoms with Gasteiger partial charge in [0.2, 0.25) is 10.0 Å². The second-order valence-electron chi connectivity index (χ2n) is 5.72. The second-order valence-corrected chi connectivity index (χ2v) is 8.35. The van der Waals surface area contributed by atoms with Gasteiger partial charge >= 0.3 is 0 Å². The highest BCUT2D eigenvalue weighted by atomic mass is 79.9. The lowest BCUT2D eigenvalue weighted by Crippen LogP contribution is -2.30. The monoisotopic (exact) mass is 410 g/mol. The molecule has 0 bridgehead atoms. The maximum Gasteiger partial charge on any atom is 0.255 e. The van der Waals surface area contributed by atoms with Crippen molar-refractivity contribution in [3.05, 3.63) is 58.1 Å². The van der Waals surface area contributed by atoms with E-state index in [1.54, 1.807) is 32.0 Å². The van der Waals surface area contributed by atoms with Crippen molar-refractivity contribution in [2.75, 3.05) is 5.32 Å². The summed E-state index contributed by atoms with van der Waals surface area (Å²) in [5.41, 5.74) is 1.86. The number of carbonyl (C=O) groups excluding carboxylic acids is 1. The molecule has 0 saturated heterocycles. The Bertz CT molecular complexity index is 864. The van der Waals surface area contributed by atoms with E-state index < -0.39 is 10.0 Å². The van der Waals surface area contributed by atoms with Crippen LogP contribution in [0.1, 0.15) is 29.8 Å². The van der Waals surface area contributed by atoms with Gasteiger partial charge in [0.25, 0.3) is 5.91 Å². The SMILES string of the molecule is Cc1cc(Br)ccc1NC(=O)c1cccc(S(=O)(=O)NC(C)C)c1. The predicted molar refractivity (Wildman–Crippen MR) is 98.7 cm³/mol. The number of hydrogen-bond acceptors (Lipinski definition) is 3. The molecule has 128 valence electrons. The number of rotatable bonds is 5. The molecule has 0 saturated carbocycles. The third-order valence-corrected chi connectivity index (χ3v) is 5.38. The van der Waals surface area contributed by atoms with Crippen LogP contribution in [0, 0.1) is 6.92 Å². The summed E-state index contributed by atoms with van der Waals surface area (Å²) in [5, 5.41) is 2.80. The number of halogens is 1. The van der Waals surface area contributed by atoms with E-state index in [0.717, 1.165) is 10.0 Å². The number of hydrogen-bond donors (Lipinski definition) is 2. The number of aryl methyl sites for hydroxylation is 1. The van der Waals surface area contributed by atoms with Crippen molar-refractivity contribution in [1.29, 1.82) is 0 Å². The first-order chi connectivity index (χ1) is 11.2. The van der Waals surface area contributed by atoms with E-state index >= 15 is 0 Å². The number of benzene rings is 2. The van der Waals surface area contributed by atoms with Crippen molar-refractivity contribution < 1.29 is 13.2 Å². The Balaban J connectivity index is 2.26. The summed E-state index contributed by atoms with van der Waals surface area (Å²) < 4.78 is 27.9. The first-order valence-corrected chi connectivity index (χ1v) is 9.66. The van der Waals surface area contributed by atoms with Gasteiger partial charge in [-0.3, -0.25) is 4.79 Å². The molecule has 2 aromatic carbocycles. The van der Waals surface area contributed by atoms with Gasteiger partial charge in [0, 0.05) is 21.8 Å². The first-order valence-electron chi connectivity index (χ1n) is 7.39. The molecule has 2 N–H and O–H groups in total. The predicted octanol–water partition coefficient (Wildman–Crippen LogP) is 3.70.